The summed E-state index contributed by atoms with van der Waals surface area (Å²) in [7, 11) is -1.32. The molecule has 1 rings (SSSR count). The predicted octanol–water partition coefficient (Wildman–Crippen LogP) is -0.554. The zero-order valence-corrected chi connectivity index (χ0v) is 5.77. The van der Waals surface area contributed by atoms with Crippen molar-refractivity contribution in [2.24, 2.45) is 0 Å². The monoisotopic (exact) mass is 153 g/mol. The van der Waals surface area contributed by atoms with Crippen LogP contribution in [0.3, 0.4) is 0 Å². The highest BCUT2D eigenvalue weighted by molar-refractivity contribution is 6.59. The Morgan fingerprint density at radius 3 is 2.73 bits per heavy atom. The van der Waals surface area contributed by atoms with E-state index in [1.54, 1.807) is 18.2 Å². The van der Waals surface area contributed by atoms with Crippen LogP contribution in [-0.2, 0) is 4.81 Å². The second-order valence-corrected chi connectivity index (χ2v) is 2.13. The quantitative estimate of drug-likeness (QED) is 0.230. The molecule has 0 aliphatic carbocycles. The van der Waals surface area contributed by atoms with Crippen molar-refractivity contribution >= 4 is 18.3 Å². The van der Waals surface area contributed by atoms with Gasteiger partial charge >= 0.3 is 7.12 Å². The van der Waals surface area contributed by atoms with Gasteiger partial charge < -0.3 is 10.8 Å². The fourth-order valence-electron chi connectivity index (χ4n) is 0.773. The van der Waals surface area contributed by atoms with Crippen LogP contribution in [0.15, 0.2) is 24.3 Å². The molecule has 0 heterocycles. The van der Waals surface area contributed by atoms with E-state index in [1.165, 1.54) is 6.07 Å². The van der Waals surface area contributed by atoms with Crippen LogP contribution in [0.4, 0.5) is 5.69 Å². The zero-order valence-electron chi connectivity index (χ0n) is 5.77. The van der Waals surface area contributed by atoms with Crippen LogP contribution >= 0.6 is 0 Å². The number of hydrogen-bond donors (Lipinski definition) is 3. The molecule has 0 unspecified atom stereocenters. The molecule has 5 heteroatoms. The van der Waals surface area contributed by atoms with Gasteiger partial charge in [0.05, 0.1) is 0 Å². The molecule has 4 N–H and O–H groups in total. The molecule has 0 saturated heterocycles. The highest BCUT2D eigenvalue weighted by Gasteiger charge is 2.15. The summed E-state index contributed by atoms with van der Waals surface area (Å²) in [4.78, 5) is 3.69. The molecule has 0 spiro atoms. The first-order chi connectivity index (χ1) is 5.24. The van der Waals surface area contributed by atoms with Crippen LogP contribution < -0.4 is 11.2 Å². The standard InChI is InChI=1S/C6H8BNO3/c8-6-3-1-2-5(4-6)7(9)11-10/h1-4,9-10H,8H2. The number of hydrogen-bond acceptors (Lipinski definition) is 4. The predicted molar refractivity (Wildman–Crippen MR) is 42.2 cm³/mol. The maximum Gasteiger partial charge on any atom is 0.522 e. The molecule has 0 radical (unpaired) electrons. The summed E-state index contributed by atoms with van der Waals surface area (Å²) in [5.41, 5.74) is 6.34. The van der Waals surface area contributed by atoms with Gasteiger partial charge in [-0.05, 0) is 17.6 Å². The lowest BCUT2D eigenvalue weighted by molar-refractivity contribution is -0.154. The molecule has 0 saturated carbocycles. The van der Waals surface area contributed by atoms with Crippen LogP contribution in [0.25, 0.3) is 0 Å². The van der Waals surface area contributed by atoms with Gasteiger partial charge in [0.1, 0.15) is 0 Å². The third-order valence-corrected chi connectivity index (χ3v) is 1.30. The molecule has 4 nitrogen and oxygen atoms in total. The van der Waals surface area contributed by atoms with Crippen LogP contribution in [-0.4, -0.2) is 17.4 Å². The Bertz CT molecular complexity index is 243. The summed E-state index contributed by atoms with van der Waals surface area (Å²) in [5.74, 6) is 0. The molecule has 1 aromatic rings. The summed E-state index contributed by atoms with van der Waals surface area (Å²) in [5, 5.41) is 17.0. The molecular weight excluding hydrogens is 145 g/mol. The third kappa shape index (κ3) is 1.94. The minimum Gasteiger partial charge on any atom is -0.422 e. The normalized spacial score (nSPS) is 9.64. The first-order valence-corrected chi connectivity index (χ1v) is 3.08. The maximum atomic E-state index is 8.93. The molecule has 0 bridgehead atoms. The van der Waals surface area contributed by atoms with E-state index in [9.17, 15) is 0 Å². The Balaban J connectivity index is 2.86. The van der Waals surface area contributed by atoms with E-state index < -0.39 is 7.12 Å². The number of benzene rings is 1. The molecule has 0 atom stereocenters. The topological polar surface area (TPSA) is 75.7 Å². The third-order valence-electron chi connectivity index (χ3n) is 1.30. The highest BCUT2D eigenvalue weighted by Crippen LogP contribution is 1.97. The highest BCUT2D eigenvalue weighted by atomic mass is 17.1. The van der Waals surface area contributed by atoms with Crippen LogP contribution in [0.5, 0.6) is 0 Å². The molecule has 0 fully saturated rings. The van der Waals surface area contributed by atoms with E-state index in [0.29, 0.717) is 11.2 Å². The lowest BCUT2D eigenvalue weighted by Crippen LogP contribution is -2.32. The summed E-state index contributed by atoms with van der Waals surface area (Å²) >= 11 is 0. The van der Waals surface area contributed by atoms with E-state index in [1.807, 2.05) is 0 Å². The maximum absolute atomic E-state index is 8.93. The van der Waals surface area contributed by atoms with Crippen molar-refractivity contribution < 1.29 is 15.1 Å². The SMILES string of the molecule is Nc1cccc(B(O)OO)c1. The number of nitrogen functional groups attached to an aromatic ring is 1. The van der Waals surface area contributed by atoms with E-state index in [2.05, 4.69) is 4.81 Å². The number of rotatable bonds is 2. The first kappa shape index (κ1) is 8.07. The fourth-order valence-corrected chi connectivity index (χ4v) is 0.773. The van der Waals surface area contributed by atoms with Gasteiger partial charge in [0, 0.05) is 5.69 Å². The van der Waals surface area contributed by atoms with Gasteiger partial charge in [0.2, 0.25) is 0 Å². The summed E-state index contributed by atoms with van der Waals surface area (Å²) in [6, 6.07) is 6.44. The van der Waals surface area contributed by atoms with Crippen LogP contribution in [0.1, 0.15) is 0 Å². The van der Waals surface area contributed by atoms with Crippen molar-refractivity contribution in [3.63, 3.8) is 0 Å². The Hall–Kier alpha value is -1.04. The molecule has 1 aromatic carbocycles. The minimum absolute atomic E-state index is 0.424. The average molecular weight is 153 g/mol. The van der Waals surface area contributed by atoms with Gasteiger partial charge in [0.15, 0.2) is 0 Å². The van der Waals surface area contributed by atoms with E-state index in [0.717, 1.165) is 0 Å². The minimum atomic E-state index is -1.32. The van der Waals surface area contributed by atoms with E-state index >= 15 is 0 Å². The number of nitrogens with two attached hydrogens (primary N) is 1. The molecule has 0 aliphatic heterocycles. The molecular formula is C6H8BNO3. The molecule has 0 aromatic heterocycles. The largest absolute Gasteiger partial charge is 0.522 e. The smallest absolute Gasteiger partial charge is 0.422 e. The van der Waals surface area contributed by atoms with Gasteiger partial charge in [-0.1, -0.05) is 12.1 Å². The first-order valence-electron chi connectivity index (χ1n) is 3.08. The van der Waals surface area contributed by atoms with Crippen LogP contribution in [0, 0.1) is 0 Å². The second kappa shape index (κ2) is 3.38. The molecule has 11 heavy (non-hydrogen) atoms. The molecule has 58 valence electrons. The van der Waals surface area contributed by atoms with Crippen molar-refractivity contribution in [2.45, 2.75) is 0 Å². The Morgan fingerprint density at radius 2 is 2.18 bits per heavy atom. The fraction of sp³-hybridized carbons (Fsp3) is 0. The van der Waals surface area contributed by atoms with E-state index in [4.69, 9.17) is 16.0 Å². The van der Waals surface area contributed by atoms with Crippen molar-refractivity contribution in [1.82, 2.24) is 0 Å². The Morgan fingerprint density at radius 1 is 1.45 bits per heavy atom. The lowest BCUT2D eigenvalue weighted by atomic mass is 9.80. The van der Waals surface area contributed by atoms with E-state index in [-0.39, 0.29) is 0 Å². The van der Waals surface area contributed by atoms with Gasteiger partial charge in [-0.15, -0.1) is 0 Å². The molecule has 0 amide bonds. The summed E-state index contributed by atoms with van der Waals surface area (Å²) in [6.45, 7) is 0. The van der Waals surface area contributed by atoms with Gasteiger partial charge in [-0.25, -0.2) is 0 Å². The second-order valence-electron chi connectivity index (χ2n) is 2.13. The zero-order chi connectivity index (χ0) is 8.27. The summed E-state index contributed by atoms with van der Waals surface area (Å²) < 4.78 is 0. The Labute approximate surface area is 64.3 Å². The molecule has 0 aliphatic rings. The van der Waals surface area contributed by atoms with Crippen LogP contribution in [0.2, 0.25) is 0 Å². The van der Waals surface area contributed by atoms with Crippen molar-refractivity contribution in [2.75, 3.05) is 5.73 Å². The van der Waals surface area contributed by atoms with Crippen molar-refractivity contribution in [1.29, 1.82) is 0 Å². The van der Waals surface area contributed by atoms with Crippen molar-refractivity contribution in [3.8, 4) is 0 Å². The van der Waals surface area contributed by atoms with Gasteiger partial charge in [0.25, 0.3) is 0 Å². The van der Waals surface area contributed by atoms with Gasteiger partial charge in [-0.3, -0.25) is 10.1 Å². The van der Waals surface area contributed by atoms with Gasteiger partial charge in [-0.2, -0.15) is 0 Å². The lowest BCUT2D eigenvalue weighted by Gasteiger charge is -2.01. The Kier molecular flexibility index (Phi) is 2.48. The van der Waals surface area contributed by atoms with Crippen molar-refractivity contribution in [3.05, 3.63) is 24.3 Å². The summed E-state index contributed by atoms with van der Waals surface area (Å²) in [6.07, 6.45) is 0. The average Bonchev–Trinajstić information content (AvgIpc) is 2.03. The number of anilines is 1.